The molecule has 0 heterocycles. The van der Waals surface area contributed by atoms with E-state index in [1.807, 2.05) is 42.5 Å². The van der Waals surface area contributed by atoms with Gasteiger partial charge in [0.25, 0.3) is 0 Å². The quantitative estimate of drug-likeness (QED) is 0.288. The van der Waals surface area contributed by atoms with Gasteiger partial charge >= 0.3 is 5.97 Å². The molecule has 0 bridgehead atoms. The molecule has 0 amide bonds. The van der Waals surface area contributed by atoms with Gasteiger partial charge in [0, 0.05) is 10.9 Å². The molecule has 0 aliphatic heterocycles. The van der Waals surface area contributed by atoms with Crippen molar-refractivity contribution in [3.05, 3.63) is 76.8 Å². The topological polar surface area (TPSA) is 70.9 Å². The third kappa shape index (κ3) is 5.82. The molecule has 2 aromatic rings. The molecule has 0 saturated heterocycles. The molecule has 1 unspecified atom stereocenters. The second kappa shape index (κ2) is 9.89. The second-order valence-electron chi connectivity index (χ2n) is 5.55. The Kier molecular flexibility index (Phi) is 7.56. The van der Waals surface area contributed by atoms with E-state index in [9.17, 15) is 9.90 Å². The molecule has 2 aromatic carbocycles. The minimum Gasteiger partial charge on any atom is -0.461 e. The number of anilines is 1. The van der Waals surface area contributed by atoms with Crippen molar-refractivity contribution in [1.82, 2.24) is 0 Å². The van der Waals surface area contributed by atoms with E-state index in [4.69, 9.17) is 4.74 Å². The zero-order valence-electron chi connectivity index (χ0n) is 14.5. The molecule has 136 valence electrons. The van der Waals surface area contributed by atoms with Gasteiger partial charge in [-0.2, -0.15) is 5.10 Å². The smallest absolute Gasteiger partial charge is 0.354 e. The third-order valence-electron chi connectivity index (χ3n) is 3.57. The van der Waals surface area contributed by atoms with Crippen LogP contribution in [0.15, 0.2) is 76.3 Å². The first kappa shape index (κ1) is 19.9. The number of benzene rings is 2. The molecule has 0 aliphatic rings. The van der Waals surface area contributed by atoms with E-state index < -0.39 is 12.1 Å². The van der Waals surface area contributed by atoms with Crippen molar-refractivity contribution in [2.45, 2.75) is 19.4 Å². The molecule has 1 atom stereocenters. The number of hydrazone groups is 1. The highest BCUT2D eigenvalue weighted by molar-refractivity contribution is 9.10. The minimum absolute atomic E-state index is 0.0957. The Bertz CT molecular complexity index is 773. The summed E-state index contributed by atoms with van der Waals surface area (Å²) in [5.41, 5.74) is 4.88. The average molecular weight is 417 g/mol. The van der Waals surface area contributed by atoms with Gasteiger partial charge in [0.15, 0.2) is 0 Å². The number of nitrogens with zero attached hydrogens (tertiary/aromatic N) is 1. The fraction of sp³-hybridized carbons (Fsp3) is 0.200. The summed E-state index contributed by atoms with van der Waals surface area (Å²) in [6.45, 7) is 5.87. The van der Waals surface area contributed by atoms with E-state index in [2.05, 4.69) is 33.0 Å². The zero-order chi connectivity index (χ0) is 18.9. The number of hydrogen-bond acceptors (Lipinski definition) is 5. The first-order chi connectivity index (χ1) is 12.5. The molecular formula is C20H21BrN2O3. The lowest BCUT2D eigenvalue weighted by atomic mass is 9.98. The number of ether oxygens (including phenoxy) is 1. The normalized spacial score (nSPS) is 12.3. The van der Waals surface area contributed by atoms with E-state index in [1.165, 1.54) is 0 Å². The minimum atomic E-state index is -0.886. The van der Waals surface area contributed by atoms with Crippen LogP contribution < -0.4 is 5.43 Å². The molecule has 0 aromatic heterocycles. The van der Waals surface area contributed by atoms with Crippen LogP contribution in [0.3, 0.4) is 0 Å². The standard InChI is InChI=1S/C20H21BrN2O3/c1-3-26-20(25)18(23-22-17-11-9-16(21)10-12-17)13-14(2)19(24)15-7-5-4-6-8-15/h4-12,19,22,24H,2-3,13H2,1H3/b23-18+. The summed E-state index contributed by atoms with van der Waals surface area (Å²) in [5, 5.41) is 14.6. The Morgan fingerprint density at radius 1 is 1.23 bits per heavy atom. The van der Waals surface area contributed by atoms with Gasteiger partial charge in [-0.3, -0.25) is 5.43 Å². The number of nitrogens with one attached hydrogen (secondary N) is 1. The summed E-state index contributed by atoms with van der Waals surface area (Å²) in [6.07, 6.45) is -0.790. The van der Waals surface area contributed by atoms with Gasteiger partial charge in [-0.25, -0.2) is 4.79 Å². The molecule has 5 nitrogen and oxygen atoms in total. The summed E-state index contributed by atoms with van der Waals surface area (Å²) in [7, 11) is 0. The van der Waals surface area contributed by atoms with E-state index in [0.717, 1.165) is 10.2 Å². The van der Waals surface area contributed by atoms with Crippen molar-refractivity contribution in [3.8, 4) is 0 Å². The van der Waals surface area contributed by atoms with Gasteiger partial charge in [0.2, 0.25) is 0 Å². The number of aliphatic hydroxyl groups is 1. The van der Waals surface area contributed by atoms with Crippen LogP contribution in [0.2, 0.25) is 0 Å². The van der Waals surface area contributed by atoms with Crippen LogP contribution in [-0.2, 0) is 9.53 Å². The SMILES string of the molecule is C=C(C/C(=N\Nc1ccc(Br)cc1)C(=O)OCC)C(O)c1ccccc1. The Morgan fingerprint density at radius 3 is 2.50 bits per heavy atom. The Balaban J connectivity index is 2.13. The zero-order valence-corrected chi connectivity index (χ0v) is 16.1. The lowest BCUT2D eigenvalue weighted by Crippen LogP contribution is -2.21. The van der Waals surface area contributed by atoms with Crippen LogP contribution in [0.25, 0.3) is 0 Å². The monoisotopic (exact) mass is 416 g/mol. The molecule has 26 heavy (non-hydrogen) atoms. The van der Waals surface area contributed by atoms with Crippen molar-refractivity contribution in [1.29, 1.82) is 0 Å². The summed E-state index contributed by atoms with van der Waals surface area (Å²) in [4.78, 5) is 12.2. The number of carbonyl (C=O) groups excluding carboxylic acids is 1. The number of halogens is 1. The van der Waals surface area contributed by atoms with Crippen molar-refractivity contribution >= 4 is 33.3 Å². The predicted octanol–water partition coefficient (Wildman–Crippen LogP) is 4.46. The van der Waals surface area contributed by atoms with Crippen molar-refractivity contribution < 1.29 is 14.6 Å². The Morgan fingerprint density at radius 2 is 1.88 bits per heavy atom. The number of esters is 1. The van der Waals surface area contributed by atoms with E-state index in [0.29, 0.717) is 11.1 Å². The van der Waals surface area contributed by atoms with E-state index in [-0.39, 0.29) is 18.7 Å². The van der Waals surface area contributed by atoms with Crippen molar-refractivity contribution in [2.75, 3.05) is 12.0 Å². The average Bonchev–Trinajstić information content (AvgIpc) is 2.66. The molecule has 2 N–H and O–H groups in total. The first-order valence-electron chi connectivity index (χ1n) is 8.17. The third-order valence-corrected chi connectivity index (χ3v) is 4.10. The summed E-state index contributed by atoms with van der Waals surface area (Å²) in [5.74, 6) is -0.543. The number of carbonyl (C=O) groups is 1. The lowest BCUT2D eigenvalue weighted by molar-refractivity contribution is -0.135. The summed E-state index contributed by atoms with van der Waals surface area (Å²) in [6, 6.07) is 16.5. The predicted molar refractivity (Wildman–Crippen MR) is 107 cm³/mol. The maximum absolute atomic E-state index is 12.2. The fourth-order valence-electron chi connectivity index (χ4n) is 2.21. The van der Waals surface area contributed by atoms with Gasteiger partial charge in [0.1, 0.15) is 11.8 Å². The van der Waals surface area contributed by atoms with Crippen LogP contribution in [0.4, 0.5) is 5.69 Å². The van der Waals surface area contributed by atoms with E-state index in [1.54, 1.807) is 19.1 Å². The summed E-state index contributed by atoms with van der Waals surface area (Å²) < 4.78 is 6.00. The highest BCUT2D eigenvalue weighted by Gasteiger charge is 2.19. The van der Waals surface area contributed by atoms with Gasteiger partial charge in [-0.05, 0) is 42.3 Å². The van der Waals surface area contributed by atoms with Crippen LogP contribution in [0.1, 0.15) is 25.0 Å². The van der Waals surface area contributed by atoms with E-state index >= 15 is 0 Å². The van der Waals surface area contributed by atoms with Crippen LogP contribution in [0.5, 0.6) is 0 Å². The van der Waals surface area contributed by atoms with Gasteiger partial charge < -0.3 is 9.84 Å². The molecule has 0 saturated carbocycles. The number of aliphatic hydroxyl groups excluding tert-OH is 1. The summed E-state index contributed by atoms with van der Waals surface area (Å²) >= 11 is 3.36. The van der Waals surface area contributed by atoms with Gasteiger partial charge in [0.05, 0.1) is 12.3 Å². The number of hydrogen-bond donors (Lipinski definition) is 2. The molecular weight excluding hydrogens is 396 g/mol. The van der Waals surface area contributed by atoms with Crippen molar-refractivity contribution in [3.63, 3.8) is 0 Å². The molecule has 0 aliphatic carbocycles. The van der Waals surface area contributed by atoms with Gasteiger partial charge in [-0.15, -0.1) is 0 Å². The van der Waals surface area contributed by atoms with Crippen LogP contribution >= 0.6 is 15.9 Å². The Hall–Kier alpha value is -2.44. The van der Waals surface area contributed by atoms with Crippen molar-refractivity contribution in [2.24, 2.45) is 5.10 Å². The van der Waals surface area contributed by atoms with Crippen LogP contribution in [0, 0.1) is 0 Å². The fourth-order valence-corrected chi connectivity index (χ4v) is 2.48. The van der Waals surface area contributed by atoms with Gasteiger partial charge in [-0.1, -0.05) is 52.8 Å². The maximum Gasteiger partial charge on any atom is 0.354 e. The van der Waals surface area contributed by atoms with Crippen LogP contribution in [-0.4, -0.2) is 23.4 Å². The molecule has 0 spiro atoms. The maximum atomic E-state index is 12.2. The molecule has 0 fully saturated rings. The molecule has 2 rings (SSSR count). The lowest BCUT2D eigenvalue weighted by Gasteiger charge is -2.15. The number of rotatable bonds is 8. The Labute approximate surface area is 161 Å². The highest BCUT2D eigenvalue weighted by atomic mass is 79.9. The molecule has 0 radical (unpaired) electrons. The highest BCUT2D eigenvalue weighted by Crippen LogP contribution is 2.23. The molecule has 6 heteroatoms. The first-order valence-corrected chi connectivity index (χ1v) is 8.96. The largest absolute Gasteiger partial charge is 0.461 e. The second-order valence-corrected chi connectivity index (χ2v) is 6.46.